The van der Waals surface area contributed by atoms with E-state index in [1.165, 1.54) is 34.7 Å². The number of anilines is 1. The molecular formula is C18H19N3O2S. The lowest BCUT2D eigenvalue weighted by atomic mass is 9.89. The number of amides is 1. The molecule has 6 heteroatoms. The Morgan fingerprint density at radius 1 is 1.33 bits per heavy atom. The van der Waals surface area contributed by atoms with Crippen molar-refractivity contribution >= 4 is 33.2 Å². The minimum atomic E-state index is -0.172. The Morgan fingerprint density at radius 2 is 2.17 bits per heavy atom. The van der Waals surface area contributed by atoms with Crippen LogP contribution in [0.3, 0.4) is 0 Å². The molecule has 1 aliphatic rings. The molecule has 3 heterocycles. The first-order chi connectivity index (χ1) is 11.7. The molecule has 24 heavy (non-hydrogen) atoms. The number of rotatable bonds is 3. The molecule has 5 nitrogen and oxygen atoms in total. The molecule has 0 atom stereocenters. The van der Waals surface area contributed by atoms with E-state index in [2.05, 4.69) is 27.8 Å². The number of aromatic nitrogens is 1. The Labute approximate surface area is 144 Å². The van der Waals surface area contributed by atoms with E-state index in [4.69, 9.17) is 4.52 Å². The highest BCUT2D eigenvalue weighted by Gasteiger charge is 2.21. The van der Waals surface area contributed by atoms with Gasteiger partial charge in [0.2, 0.25) is 5.88 Å². The van der Waals surface area contributed by atoms with Crippen molar-refractivity contribution in [3.05, 3.63) is 47.0 Å². The van der Waals surface area contributed by atoms with Crippen LogP contribution in [0.1, 0.15) is 34.7 Å². The van der Waals surface area contributed by atoms with E-state index in [1.54, 1.807) is 17.4 Å². The first-order valence-electron chi connectivity index (χ1n) is 8.12. The highest BCUT2D eigenvalue weighted by atomic mass is 32.1. The average Bonchev–Trinajstić information content (AvgIpc) is 3.24. The van der Waals surface area contributed by atoms with Crippen molar-refractivity contribution in [2.75, 3.05) is 25.5 Å². The van der Waals surface area contributed by atoms with Crippen LogP contribution in [0.4, 0.5) is 5.88 Å². The highest BCUT2D eigenvalue weighted by Crippen LogP contribution is 2.37. The predicted octanol–water partition coefficient (Wildman–Crippen LogP) is 3.95. The summed E-state index contributed by atoms with van der Waals surface area (Å²) in [7, 11) is 2.17. The van der Waals surface area contributed by atoms with Gasteiger partial charge in [0.15, 0.2) is 0 Å². The summed E-state index contributed by atoms with van der Waals surface area (Å²) in [4.78, 5) is 14.8. The van der Waals surface area contributed by atoms with Crippen molar-refractivity contribution in [3.63, 3.8) is 0 Å². The van der Waals surface area contributed by atoms with Crippen LogP contribution in [-0.4, -0.2) is 36.1 Å². The minimum Gasteiger partial charge on any atom is -0.338 e. The summed E-state index contributed by atoms with van der Waals surface area (Å²) in [5, 5.41) is 9.80. The van der Waals surface area contributed by atoms with Crippen LogP contribution < -0.4 is 5.32 Å². The summed E-state index contributed by atoms with van der Waals surface area (Å²) >= 11 is 1.76. The first kappa shape index (κ1) is 15.4. The van der Waals surface area contributed by atoms with Gasteiger partial charge in [0, 0.05) is 16.3 Å². The summed E-state index contributed by atoms with van der Waals surface area (Å²) in [6.45, 7) is 2.27. The van der Waals surface area contributed by atoms with Crippen LogP contribution in [0.25, 0.3) is 10.1 Å². The van der Waals surface area contributed by atoms with Crippen LogP contribution >= 0.6 is 11.3 Å². The van der Waals surface area contributed by atoms with Gasteiger partial charge in [0.25, 0.3) is 5.91 Å². The van der Waals surface area contributed by atoms with Crippen molar-refractivity contribution in [2.24, 2.45) is 0 Å². The van der Waals surface area contributed by atoms with Crippen molar-refractivity contribution in [2.45, 2.75) is 18.8 Å². The number of nitrogens with one attached hydrogen (secondary N) is 1. The zero-order valence-corrected chi connectivity index (χ0v) is 14.3. The summed E-state index contributed by atoms with van der Waals surface area (Å²) in [6.07, 6.45) is 3.86. The number of piperidine rings is 1. The molecule has 4 rings (SSSR count). The normalized spacial score (nSPS) is 16.5. The molecule has 0 unspecified atom stereocenters. The van der Waals surface area contributed by atoms with Crippen LogP contribution in [-0.2, 0) is 0 Å². The SMILES string of the molecule is CN1CCC(c2csc3ccc(C(=O)Nc4ccno4)cc23)CC1. The average molecular weight is 341 g/mol. The molecule has 1 amide bonds. The molecule has 1 N–H and O–H groups in total. The molecule has 1 aliphatic heterocycles. The van der Waals surface area contributed by atoms with E-state index in [9.17, 15) is 4.79 Å². The fourth-order valence-electron chi connectivity index (χ4n) is 3.29. The second-order valence-electron chi connectivity index (χ2n) is 6.31. The maximum Gasteiger partial charge on any atom is 0.258 e. The van der Waals surface area contributed by atoms with Gasteiger partial charge in [-0.05, 0) is 73.4 Å². The lowest BCUT2D eigenvalue weighted by Crippen LogP contribution is -2.29. The lowest BCUT2D eigenvalue weighted by molar-refractivity contribution is 0.102. The molecule has 1 saturated heterocycles. The number of benzene rings is 1. The number of fused-ring (bicyclic) bond motifs is 1. The maximum atomic E-state index is 12.4. The molecule has 2 aromatic heterocycles. The third-order valence-corrected chi connectivity index (χ3v) is 5.68. The van der Waals surface area contributed by atoms with Gasteiger partial charge in [0.05, 0.1) is 6.20 Å². The molecule has 0 saturated carbocycles. The zero-order chi connectivity index (χ0) is 16.5. The van der Waals surface area contributed by atoms with Crippen LogP contribution in [0.2, 0.25) is 0 Å². The number of hydrogen-bond acceptors (Lipinski definition) is 5. The summed E-state index contributed by atoms with van der Waals surface area (Å²) < 4.78 is 6.18. The van der Waals surface area contributed by atoms with Crippen molar-refractivity contribution in [3.8, 4) is 0 Å². The van der Waals surface area contributed by atoms with Gasteiger partial charge in [-0.25, -0.2) is 0 Å². The highest BCUT2D eigenvalue weighted by molar-refractivity contribution is 7.17. The fraction of sp³-hybridized carbons (Fsp3) is 0.333. The Hall–Kier alpha value is -2.18. The summed E-state index contributed by atoms with van der Waals surface area (Å²) in [6, 6.07) is 7.53. The van der Waals surface area contributed by atoms with E-state index in [-0.39, 0.29) is 5.91 Å². The van der Waals surface area contributed by atoms with Gasteiger partial charge < -0.3 is 9.42 Å². The van der Waals surface area contributed by atoms with Crippen molar-refractivity contribution in [1.29, 1.82) is 0 Å². The summed E-state index contributed by atoms with van der Waals surface area (Å²) in [5.74, 6) is 0.776. The number of likely N-dealkylation sites (tertiary alicyclic amines) is 1. The number of carbonyl (C=O) groups is 1. The van der Waals surface area contributed by atoms with Crippen LogP contribution in [0.15, 0.2) is 40.4 Å². The van der Waals surface area contributed by atoms with Crippen LogP contribution in [0.5, 0.6) is 0 Å². The van der Waals surface area contributed by atoms with Gasteiger partial charge in [-0.2, -0.15) is 0 Å². The molecule has 0 spiro atoms. The zero-order valence-electron chi connectivity index (χ0n) is 13.5. The molecular weight excluding hydrogens is 322 g/mol. The maximum absolute atomic E-state index is 12.4. The van der Waals surface area contributed by atoms with Gasteiger partial charge in [-0.1, -0.05) is 5.16 Å². The third kappa shape index (κ3) is 2.95. The van der Waals surface area contributed by atoms with E-state index in [0.717, 1.165) is 13.1 Å². The largest absolute Gasteiger partial charge is 0.338 e. The molecule has 124 valence electrons. The third-order valence-electron chi connectivity index (χ3n) is 4.70. The standard InChI is InChI=1S/C18H19N3O2S/c1-21-8-5-12(6-9-21)15-11-24-16-3-2-13(10-14(15)16)18(22)20-17-4-7-19-23-17/h2-4,7,10-12H,5-6,8-9H2,1H3,(H,20,22). The number of nitrogens with zero attached hydrogens (tertiary/aromatic N) is 2. The molecule has 1 aromatic carbocycles. The van der Waals surface area contributed by atoms with E-state index >= 15 is 0 Å². The first-order valence-corrected chi connectivity index (χ1v) is 9.00. The van der Waals surface area contributed by atoms with Crippen molar-refractivity contribution in [1.82, 2.24) is 10.1 Å². The van der Waals surface area contributed by atoms with E-state index in [1.807, 2.05) is 18.2 Å². The molecule has 0 aliphatic carbocycles. The monoisotopic (exact) mass is 341 g/mol. The Bertz CT molecular complexity index is 848. The van der Waals surface area contributed by atoms with Gasteiger partial charge >= 0.3 is 0 Å². The Morgan fingerprint density at radius 3 is 2.92 bits per heavy atom. The van der Waals surface area contributed by atoms with Gasteiger partial charge in [-0.3, -0.25) is 10.1 Å². The number of hydrogen-bond donors (Lipinski definition) is 1. The number of thiophene rings is 1. The second kappa shape index (κ2) is 6.37. The predicted molar refractivity (Wildman–Crippen MR) is 95.8 cm³/mol. The Kier molecular flexibility index (Phi) is 4.08. The molecule has 3 aromatic rings. The molecule has 1 fully saturated rings. The number of carbonyl (C=O) groups excluding carboxylic acids is 1. The lowest BCUT2D eigenvalue weighted by Gasteiger charge is -2.28. The molecule has 0 bridgehead atoms. The van der Waals surface area contributed by atoms with Gasteiger partial charge in [0.1, 0.15) is 0 Å². The fourth-order valence-corrected chi connectivity index (χ4v) is 4.31. The van der Waals surface area contributed by atoms with E-state index in [0.29, 0.717) is 17.4 Å². The minimum absolute atomic E-state index is 0.172. The van der Waals surface area contributed by atoms with Gasteiger partial charge in [-0.15, -0.1) is 11.3 Å². The quantitative estimate of drug-likeness (QED) is 0.784. The smallest absolute Gasteiger partial charge is 0.258 e. The summed E-state index contributed by atoms with van der Waals surface area (Å²) in [5.41, 5.74) is 2.03. The van der Waals surface area contributed by atoms with E-state index < -0.39 is 0 Å². The Balaban J connectivity index is 1.62. The van der Waals surface area contributed by atoms with Crippen molar-refractivity contribution < 1.29 is 9.32 Å². The molecule has 0 radical (unpaired) electrons. The second-order valence-corrected chi connectivity index (χ2v) is 7.22. The topological polar surface area (TPSA) is 58.4 Å². The van der Waals surface area contributed by atoms with Crippen LogP contribution in [0, 0.1) is 0 Å².